The Morgan fingerprint density at radius 1 is 1.13 bits per heavy atom. The Morgan fingerprint density at radius 3 is 2.63 bits per heavy atom. The molecule has 0 unspecified atom stereocenters. The molecule has 1 fully saturated rings. The molecule has 1 aliphatic heterocycles. The predicted molar refractivity (Wildman–Crippen MR) is 117 cm³/mol. The summed E-state index contributed by atoms with van der Waals surface area (Å²) in [4.78, 5) is 17.1. The molecule has 11 heteroatoms. The average molecular weight is 464 g/mol. The number of thiophene rings is 1. The Kier molecular flexibility index (Phi) is 6.52. The van der Waals surface area contributed by atoms with Crippen molar-refractivity contribution in [3.63, 3.8) is 0 Å². The SMILES string of the molecule is O=C(NCc1ccccc1Cn1cncn1)c1sccc1S(=O)(=O)N1CCSCC1. The number of thioether (sulfide) groups is 1. The molecule has 1 amide bonds. The van der Waals surface area contributed by atoms with Crippen LogP contribution in [0.25, 0.3) is 0 Å². The molecule has 0 saturated carbocycles. The van der Waals surface area contributed by atoms with Crippen LogP contribution in [-0.4, -0.2) is 58.0 Å². The first-order valence-corrected chi connectivity index (χ1v) is 12.9. The van der Waals surface area contributed by atoms with Crippen LogP contribution in [0.2, 0.25) is 0 Å². The van der Waals surface area contributed by atoms with Crippen LogP contribution in [0.5, 0.6) is 0 Å². The third-order valence-corrected chi connectivity index (χ3v) is 8.71. The summed E-state index contributed by atoms with van der Waals surface area (Å²) >= 11 is 2.88. The summed E-state index contributed by atoms with van der Waals surface area (Å²) in [5.41, 5.74) is 1.95. The molecule has 3 aromatic rings. The van der Waals surface area contributed by atoms with Gasteiger partial charge in [0.05, 0.1) is 6.54 Å². The number of carbonyl (C=O) groups is 1. The van der Waals surface area contributed by atoms with Gasteiger partial charge in [-0.15, -0.1) is 11.3 Å². The van der Waals surface area contributed by atoms with Crippen molar-refractivity contribution in [1.82, 2.24) is 24.4 Å². The molecule has 1 aromatic carbocycles. The number of nitrogens with zero attached hydrogens (tertiary/aromatic N) is 4. The maximum Gasteiger partial charge on any atom is 0.263 e. The zero-order valence-electron chi connectivity index (χ0n) is 16.1. The molecular weight excluding hydrogens is 442 g/mol. The van der Waals surface area contributed by atoms with Gasteiger partial charge in [-0.25, -0.2) is 18.1 Å². The van der Waals surface area contributed by atoms with E-state index in [1.165, 1.54) is 16.7 Å². The largest absolute Gasteiger partial charge is 0.347 e. The smallest absolute Gasteiger partial charge is 0.263 e. The number of benzene rings is 1. The van der Waals surface area contributed by atoms with Crippen molar-refractivity contribution in [2.24, 2.45) is 0 Å². The molecule has 0 bridgehead atoms. The van der Waals surface area contributed by atoms with Crippen LogP contribution < -0.4 is 5.32 Å². The van der Waals surface area contributed by atoms with Crippen LogP contribution in [0.4, 0.5) is 0 Å². The van der Waals surface area contributed by atoms with Gasteiger partial charge in [-0.05, 0) is 22.6 Å². The first-order valence-electron chi connectivity index (χ1n) is 9.38. The highest BCUT2D eigenvalue weighted by Gasteiger charge is 2.31. The molecule has 4 rings (SSSR count). The maximum atomic E-state index is 13.0. The van der Waals surface area contributed by atoms with Gasteiger partial charge in [0.25, 0.3) is 5.91 Å². The quantitative estimate of drug-likeness (QED) is 0.576. The summed E-state index contributed by atoms with van der Waals surface area (Å²) in [7, 11) is -3.67. The molecule has 158 valence electrons. The second-order valence-corrected chi connectivity index (χ2v) is 10.7. The van der Waals surface area contributed by atoms with Gasteiger partial charge in [0.15, 0.2) is 0 Å². The lowest BCUT2D eigenvalue weighted by molar-refractivity contribution is 0.0951. The number of rotatable bonds is 7. The third kappa shape index (κ3) is 4.59. The maximum absolute atomic E-state index is 13.0. The number of amides is 1. The lowest BCUT2D eigenvalue weighted by Gasteiger charge is -2.25. The summed E-state index contributed by atoms with van der Waals surface area (Å²) in [6, 6.07) is 9.26. The Morgan fingerprint density at radius 2 is 1.90 bits per heavy atom. The summed E-state index contributed by atoms with van der Waals surface area (Å²) in [5, 5.41) is 8.65. The van der Waals surface area contributed by atoms with Crippen molar-refractivity contribution in [3.05, 3.63) is 64.4 Å². The van der Waals surface area contributed by atoms with Crippen LogP contribution >= 0.6 is 23.1 Å². The minimum absolute atomic E-state index is 0.0906. The van der Waals surface area contributed by atoms with Gasteiger partial charge < -0.3 is 5.32 Å². The normalized spacial score (nSPS) is 15.2. The first kappa shape index (κ1) is 21.0. The predicted octanol–water partition coefficient (Wildman–Crippen LogP) is 2.06. The van der Waals surface area contributed by atoms with Gasteiger partial charge in [-0.2, -0.15) is 21.2 Å². The number of carbonyl (C=O) groups excluding carboxylic acids is 1. The molecule has 8 nitrogen and oxygen atoms in total. The standard InChI is InChI=1S/C19H21N5O3S3/c25-19(18-17(5-8-29-18)30(26,27)24-6-9-28-10-7-24)21-11-15-3-1-2-4-16(15)12-23-14-20-13-22-23/h1-5,8,13-14H,6-7,9-12H2,(H,21,25). The van der Waals surface area contributed by atoms with Crippen molar-refractivity contribution >= 4 is 39.0 Å². The average Bonchev–Trinajstić information content (AvgIpc) is 3.46. The monoisotopic (exact) mass is 463 g/mol. The molecule has 1 aliphatic rings. The number of nitrogens with one attached hydrogen (secondary N) is 1. The fourth-order valence-electron chi connectivity index (χ4n) is 3.22. The van der Waals surface area contributed by atoms with E-state index < -0.39 is 10.0 Å². The van der Waals surface area contributed by atoms with Gasteiger partial charge in [0.1, 0.15) is 22.4 Å². The molecule has 1 saturated heterocycles. The topological polar surface area (TPSA) is 97.2 Å². The lowest BCUT2D eigenvalue weighted by atomic mass is 10.1. The number of hydrogen-bond acceptors (Lipinski definition) is 7. The highest BCUT2D eigenvalue weighted by Crippen LogP contribution is 2.27. The van der Waals surface area contributed by atoms with Crippen molar-refractivity contribution in [2.45, 2.75) is 18.0 Å². The van der Waals surface area contributed by atoms with Crippen molar-refractivity contribution in [2.75, 3.05) is 24.6 Å². The van der Waals surface area contributed by atoms with E-state index in [0.29, 0.717) is 26.2 Å². The summed E-state index contributed by atoms with van der Waals surface area (Å²) in [6.45, 7) is 1.78. The Hall–Kier alpha value is -2.21. The van der Waals surface area contributed by atoms with E-state index in [-0.39, 0.29) is 15.7 Å². The Labute approximate surface area is 183 Å². The van der Waals surface area contributed by atoms with Crippen LogP contribution in [0.1, 0.15) is 20.8 Å². The molecule has 0 atom stereocenters. The molecule has 1 N–H and O–H groups in total. The van der Waals surface area contributed by atoms with Crippen LogP contribution in [-0.2, 0) is 23.1 Å². The van der Waals surface area contributed by atoms with Crippen LogP contribution in [0.15, 0.2) is 53.3 Å². The van der Waals surface area contributed by atoms with Gasteiger partial charge >= 0.3 is 0 Å². The van der Waals surface area contributed by atoms with Crippen molar-refractivity contribution in [3.8, 4) is 0 Å². The van der Waals surface area contributed by atoms with E-state index in [1.54, 1.807) is 28.2 Å². The van der Waals surface area contributed by atoms with E-state index in [4.69, 9.17) is 0 Å². The molecule has 30 heavy (non-hydrogen) atoms. The fourth-order valence-corrected chi connectivity index (χ4v) is 7.11. The van der Waals surface area contributed by atoms with Crippen LogP contribution in [0, 0.1) is 0 Å². The van der Waals surface area contributed by atoms with E-state index in [9.17, 15) is 13.2 Å². The van der Waals surface area contributed by atoms with Gasteiger partial charge in [-0.1, -0.05) is 24.3 Å². The fraction of sp³-hybridized carbons (Fsp3) is 0.316. The highest BCUT2D eigenvalue weighted by molar-refractivity contribution is 7.99. The Balaban J connectivity index is 1.48. The number of hydrogen-bond donors (Lipinski definition) is 1. The van der Waals surface area contributed by atoms with Crippen molar-refractivity contribution in [1.29, 1.82) is 0 Å². The Bertz CT molecular complexity index is 1110. The van der Waals surface area contributed by atoms with Crippen LogP contribution in [0.3, 0.4) is 0 Å². The molecule has 0 aliphatic carbocycles. The summed E-state index contributed by atoms with van der Waals surface area (Å²) in [5.74, 6) is 1.16. The lowest BCUT2D eigenvalue weighted by Crippen LogP contribution is -2.38. The highest BCUT2D eigenvalue weighted by atomic mass is 32.2. The van der Waals surface area contributed by atoms with E-state index in [0.717, 1.165) is 34.0 Å². The molecular formula is C19H21N5O3S3. The molecule has 3 heterocycles. The van der Waals surface area contributed by atoms with E-state index >= 15 is 0 Å². The molecule has 0 radical (unpaired) electrons. The first-order chi connectivity index (χ1) is 14.6. The third-order valence-electron chi connectivity index (χ3n) is 4.78. The molecule has 0 spiro atoms. The summed E-state index contributed by atoms with van der Waals surface area (Å²) in [6.07, 6.45) is 3.11. The van der Waals surface area contributed by atoms with E-state index in [2.05, 4.69) is 15.4 Å². The van der Waals surface area contributed by atoms with Gasteiger partial charge in [0.2, 0.25) is 10.0 Å². The second kappa shape index (κ2) is 9.29. The zero-order valence-corrected chi connectivity index (χ0v) is 18.5. The van der Waals surface area contributed by atoms with Crippen molar-refractivity contribution < 1.29 is 13.2 Å². The number of aromatic nitrogens is 3. The second-order valence-electron chi connectivity index (χ2n) is 6.67. The number of sulfonamides is 1. The summed E-state index contributed by atoms with van der Waals surface area (Å²) < 4.78 is 29.2. The molecule has 2 aromatic heterocycles. The minimum Gasteiger partial charge on any atom is -0.347 e. The van der Waals surface area contributed by atoms with Gasteiger partial charge in [-0.3, -0.25) is 4.79 Å². The van der Waals surface area contributed by atoms with Gasteiger partial charge in [0, 0.05) is 31.1 Å². The van der Waals surface area contributed by atoms with E-state index in [1.807, 2.05) is 24.3 Å². The zero-order chi connectivity index (χ0) is 21.0. The minimum atomic E-state index is -3.67.